The second-order valence-corrected chi connectivity index (χ2v) is 5.88. The van der Waals surface area contributed by atoms with E-state index in [-0.39, 0.29) is 11.3 Å². The van der Waals surface area contributed by atoms with E-state index in [2.05, 4.69) is 26.8 Å². The summed E-state index contributed by atoms with van der Waals surface area (Å²) in [7, 11) is 0. The van der Waals surface area contributed by atoms with Crippen molar-refractivity contribution in [3.63, 3.8) is 0 Å². The minimum Gasteiger partial charge on any atom is -0.465 e. The molecule has 1 heterocycles. The fraction of sp³-hybridized carbons (Fsp3) is 0.692. The molecule has 3 unspecified atom stereocenters. The summed E-state index contributed by atoms with van der Waals surface area (Å²) in [6, 6.07) is 4.25. The number of thioether (sulfide) groups is 1. The van der Waals surface area contributed by atoms with Gasteiger partial charge in [-0.15, -0.1) is 11.8 Å². The Balaban J connectivity index is 2.78. The summed E-state index contributed by atoms with van der Waals surface area (Å²) in [6.07, 6.45) is 2.14. The molecule has 3 atom stereocenters. The Bertz CT molecular complexity index is 311. The van der Waals surface area contributed by atoms with Crippen LogP contribution >= 0.6 is 11.8 Å². The lowest BCUT2D eigenvalue weighted by Gasteiger charge is -2.23. The van der Waals surface area contributed by atoms with Gasteiger partial charge < -0.3 is 10.2 Å². The highest BCUT2D eigenvalue weighted by Crippen LogP contribution is 2.37. The maximum Gasteiger partial charge on any atom is 0.118 e. The number of hydrogen-bond donors (Lipinski definition) is 1. The summed E-state index contributed by atoms with van der Waals surface area (Å²) in [5, 5.41) is 0.904. The molecule has 0 aliphatic carbocycles. The smallest absolute Gasteiger partial charge is 0.118 e. The molecule has 2 nitrogen and oxygen atoms in total. The number of furan rings is 1. The van der Waals surface area contributed by atoms with Gasteiger partial charge in [0, 0.05) is 11.3 Å². The molecule has 0 radical (unpaired) electrons. The van der Waals surface area contributed by atoms with Gasteiger partial charge in [-0.05, 0) is 31.9 Å². The predicted octanol–water partition coefficient (Wildman–Crippen LogP) is 3.90. The summed E-state index contributed by atoms with van der Waals surface area (Å²) in [6.45, 7) is 8.56. The molecule has 1 rings (SSSR count). The lowest BCUT2D eigenvalue weighted by molar-refractivity contribution is 0.454. The van der Waals surface area contributed by atoms with Crippen molar-refractivity contribution in [1.29, 1.82) is 0 Å². The number of nitrogens with two attached hydrogens (primary N) is 1. The first-order valence-corrected chi connectivity index (χ1v) is 7.00. The number of aryl methyl sites for hydroxylation is 1. The Morgan fingerprint density at radius 1 is 1.31 bits per heavy atom. The minimum absolute atomic E-state index is 0.171. The van der Waals surface area contributed by atoms with E-state index in [1.54, 1.807) is 0 Å². The molecule has 2 N–H and O–H groups in total. The number of hydrogen-bond acceptors (Lipinski definition) is 3. The molecule has 0 amide bonds. The molecule has 0 aromatic carbocycles. The van der Waals surface area contributed by atoms with E-state index in [0.717, 1.165) is 24.4 Å². The van der Waals surface area contributed by atoms with Gasteiger partial charge in [0.15, 0.2) is 0 Å². The maximum absolute atomic E-state index is 6.18. The van der Waals surface area contributed by atoms with Gasteiger partial charge in [0.05, 0.1) is 5.25 Å². The van der Waals surface area contributed by atoms with Crippen LogP contribution in [0.25, 0.3) is 0 Å². The molecule has 0 fully saturated rings. The summed E-state index contributed by atoms with van der Waals surface area (Å²) in [5.74, 6) is 1.99. The molecule has 0 saturated heterocycles. The van der Waals surface area contributed by atoms with Crippen molar-refractivity contribution in [3.8, 4) is 0 Å². The van der Waals surface area contributed by atoms with Crippen molar-refractivity contribution in [2.45, 2.75) is 57.1 Å². The number of rotatable bonds is 6. The summed E-state index contributed by atoms with van der Waals surface area (Å²) >= 11 is 1.93. The van der Waals surface area contributed by atoms with Crippen molar-refractivity contribution in [2.24, 2.45) is 5.73 Å². The zero-order valence-electron chi connectivity index (χ0n) is 10.7. The third-order valence-corrected chi connectivity index (χ3v) is 4.53. The first kappa shape index (κ1) is 13.7. The molecular formula is C13H23NOS. The zero-order valence-corrected chi connectivity index (χ0v) is 11.5. The predicted molar refractivity (Wildman–Crippen MR) is 71.8 cm³/mol. The molecular weight excluding hydrogens is 218 g/mol. The first-order valence-electron chi connectivity index (χ1n) is 6.05. The zero-order chi connectivity index (χ0) is 12.1. The fourth-order valence-electron chi connectivity index (χ4n) is 1.55. The lowest BCUT2D eigenvalue weighted by Crippen LogP contribution is -2.26. The summed E-state index contributed by atoms with van der Waals surface area (Å²) < 4.78 is 5.71. The van der Waals surface area contributed by atoms with E-state index in [4.69, 9.17) is 10.2 Å². The van der Waals surface area contributed by atoms with Crippen LogP contribution in [0.5, 0.6) is 0 Å². The molecule has 3 heteroatoms. The summed E-state index contributed by atoms with van der Waals surface area (Å²) in [5.41, 5.74) is 6.18. The van der Waals surface area contributed by atoms with Gasteiger partial charge in [-0.1, -0.05) is 20.8 Å². The molecule has 16 heavy (non-hydrogen) atoms. The highest BCUT2D eigenvalue weighted by molar-refractivity contribution is 8.00. The van der Waals surface area contributed by atoms with E-state index < -0.39 is 0 Å². The van der Waals surface area contributed by atoms with E-state index >= 15 is 0 Å². The van der Waals surface area contributed by atoms with Crippen LogP contribution in [0, 0.1) is 6.92 Å². The molecule has 0 saturated carbocycles. The van der Waals surface area contributed by atoms with E-state index in [1.165, 1.54) is 0 Å². The van der Waals surface area contributed by atoms with Crippen LogP contribution in [0.4, 0.5) is 0 Å². The second kappa shape index (κ2) is 6.36. The third kappa shape index (κ3) is 3.56. The van der Waals surface area contributed by atoms with Gasteiger partial charge in [-0.2, -0.15) is 0 Å². The average molecular weight is 241 g/mol. The van der Waals surface area contributed by atoms with Crippen molar-refractivity contribution < 1.29 is 4.42 Å². The van der Waals surface area contributed by atoms with Crippen LogP contribution < -0.4 is 5.73 Å². The van der Waals surface area contributed by atoms with Gasteiger partial charge in [0.25, 0.3) is 0 Å². The lowest BCUT2D eigenvalue weighted by atomic mass is 10.1. The van der Waals surface area contributed by atoms with Crippen LogP contribution in [-0.2, 0) is 0 Å². The molecule has 1 aromatic rings. The van der Waals surface area contributed by atoms with Gasteiger partial charge in [-0.3, -0.25) is 0 Å². The van der Waals surface area contributed by atoms with E-state index in [9.17, 15) is 0 Å². The van der Waals surface area contributed by atoms with Crippen molar-refractivity contribution in [2.75, 3.05) is 0 Å². The molecule has 0 bridgehead atoms. The Labute approximate surface area is 103 Å². The van der Waals surface area contributed by atoms with Crippen LogP contribution in [0.1, 0.15) is 50.4 Å². The van der Waals surface area contributed by atoms with Crippen molar-refractivity contribution in [1.82, 2.24) is 0 Å². The van der Waals surface area contributed by atoms with E-state index in [0.29, 0.717) is 5.25 Å². The fourth-order valence-corrected chi connectivity index (χ4v) is 2.89. The molecule has 0 aliphatic heterocycles. The van der Waals surface area contributed by atoms with Crippen LogP contribution in [-0.4, -0.2) is 11.3 Å². The SMILES string of the molecule is CCC(C)SC(c1ccc(C)o1)C(N)CC. The highest BCUT2D eigenvalue weighted by Gasteiger charge is 2.23. The van der Waals surface area contributed by atoms with Crippen molar-refractivity contribution >= 4 is 11.8 Å². The standard InChI is InChI=1S/C13H23NOS/c1-5-10(4)16-13(11(14)6-2)12-8-7-9(3)15-12/h7-8,10-11,13H,5-6,14H2,1-4H3. The van der Waals surface area contributed by atoms with E-state index in [1.807, 2.05) is 24.8 Å². The molecule has 0 aliphatic rings. The average Bonchev–Trinajstić information content (AvgIpc) is 2.71. The maximum atomic E-state index is 6.18. The molecule has 1 aromatic heterocycles. The van der Waals surface area contributed by atoms with Gasteiger partial charge in [-0.25, -0.2) is 0 Å². The van der Waals surface area contributed by atoms with Crippen molar-refractivity contribution in [3.05, 3.63) is 23.7 Å². The second-order valence-electron chi connectivity index (χ2n) is 4.30. The largest absolute Gasteiger partial charge is 0.465 e. The molecule has 92 valence electrons. The third-order valence-electron chi connectivity index (χ3n) is 2.86. The quantitative estimate of drug-likeness (QED) is 0.821. The van der Waals surface area contributed by atoms with Gasteiger partial charge in [0.1, 0.15) is 11.5 Å². The first-order chi connectivity index (χ1) is 7.58. The Kier molecular flexibility index (Phi) is 5.42. The Hall–Kier alpha value is -0.410. The monoisotopic (exact) mass is 241 g/mol. The summed E-state index contributed by atoms with van der Waals surface area (Å²) in [4.78, 5) is 0. The normalized spacial score (nSPS) is 17.1. The van der Waals surface area contributed by atoms with Crippen LogP contribution in [0.2, 0.25) is 0 Å². The highest BCUT2D eigenvalue weighted by atomic mass is 32.2. The molecule has 0 spiro atoms. The Morgan fingerprint density at radius 2 is 2.00 bits per heavy atom. The van der Waals surface area contributed by atoms with Crippen LogP contribution in [0.15, 0.2) is 16.5 Å². The topological polar surface area (TPSA) is 39.2 Å². The van der Waals surface area contributed by atoms with Crippen LogP contribution in [0.3, 0.4) is 0 Å². The van der Waals surface area contributed by atoms with Gasteiger partial charge >= 0.3 is 0 Å². The minimum atomic E-state index is 0.171. The van der Waals surface area contributed by atoms with Gasteiger partial charge in [0.2, 0.25) is 0 Å². The Morgan fingerprint density at radius 3 is 2.44 bits per heavy atom.